The second kappa shape index (κ2) is 13.0. The normalized spacial score (nSPS) is 16.8. The molecule has 0 bridgehead atoms. The number of carbonyl (C=O) groups is 2. The van der Waals surface area contributed by atoms with Gasteiger partial charge in [0.1, 0.15) is 29.0 Å². The summed E-state index contributed by atoms with van der Waals surface area (Å²) in [5, 5.41) is 2.14. The molecule has 44 heavy (non-hydrogen) atoms. The van der Waals surface area contributed by atoms with Crippen LogP contribution in [0.25, 0.3) is 10.8 Å². The molecular weight excluding hydrogens is 561 g/mol. The van der Waals surface area contributed by atoms with Crippen molar-refractivity contribution in [2.75, 3.05) is 20.3 Å². The molecule has 1 aliphatic heterocycles. The van der Waals surface area contributed by atoms with Crippen LogP contribution in [0.5, 0.6) is 11.5 Å². The van der Waals surface area contributed by atoms with Gasteiger partial charge in [-0.05, 0) is 74.2 Å². The third-order valence-electron chi connectivity index (χ3n) is 7.74. The second-order valence-electron chi connectivity index (χ2n) is 12.0. The van der Waals surface area contributed by atoms with E-state index in [1.165, 1.54) is 19.2 Å². The fraction of sp³-hybridized carbons (Fsp3) is 0.333. The lowest BCUT2D eigenvalue weighted by Gasteiger charge is -2.38. The molecule has 5 rings (SSSR count). The first kappa shape index (κ1) is 30.9. The maximum atomic E-state index is 14.9. The maximum Gasteiger partial charge on any atom is 0.410 e. The number of hydrogen-bond donors (Lipinski definition) is 0. The first-order valence-corrected chi connectivity index (χ1v) is 14.8. The molecule has 1 unspecified atom stereocenters. The highest BCUT2D eigenvalue weighted by molar-refractivity contribution is 5.86. The van der Waals surface area contributed by atoms with Crippen LogP contribution in [0.4, 0.5) is 9.18 Å². The minimum atomic E-state index is -0.696. The van der Waals surface area contributed by atoms with Gasteiger partial charge >= 0.3 is 12.1 Å². The van der Waals surface area contributed by atoms with Crippen molar-refractivity contribution in [3.8, 4) is 11.5 Å². The standard InChI is InChI=1S/C36H38FNO6/c1-23(29-15-10-12-24-11-6-7-13-30(24)29)38(35(40)44-36(2,3)4)21-28-20-32(31-14-8-9-16-33(31)43-28)25-17-26(37)19-27(18-25)42-22-34(39)41-5/h6-19,23,28,32H,20-22H2,1-5H3/t23-,28-,32?/m1/s1. The highest BCUT2D eigenvalue weighted by Crippen LogP contribution is 2.42. The van der Waals surface area contributed by atoms with E-state index in [4.69, 9.17) is 14.2 Å². The number of ether oxygens (including phenoxy) is 4. The van der Waals surface area contributed by atoms with Gasteiger partial charge in [0.25, 0.3) is 0 Å². The molecule has 3 atom stereocenters. The molecule has 0 N–H and O–H groups in total. The van der Waals surface area contributed by atoms with E-state index < -0.39 is 29.6 Å². The Balaban J connectivity index is 1.48. The molecular formula is C36H38FNO6. The van der Waals surface area contributed by atoms with Crippen LogP contribution in [-0.2, 0) is 14.3 Å². The predicted octanol–water partition coefficient (Wildman–Crippen LogP) is 7.81. The van der Waals surface area contributed by atoms with Gasteiger partial charge in [-0.25, -0.2) is 14.0 Å². The lowest BCUT2D eigenvalue weighted by atomic mass is 9.83. The Labute approximate surface area is 257 Å². The van der Waals surface area contributed by atoms with Gasteiger partial charge in [-0.15, -0.1) is 0 Å². The number of fused-ring (bicyclic) bond motifs is 2. The summed E-state index contributed by atoms with van der Waals surface area (Å²) < 4.78 is 37.4. The zero-order valence-corrected chi connectivity index (χ0v) is 25.7. The lowest BCUT2D eigenvalue weighted by Crippen LogP contribution is -2.45. The zero-order valence-electron chi connectivity index (χ0n) is 25.7. The molecule has 1 heterocycles. The Bertz CT molecular complexity index is 1640. The molecule has 7 nitrogen and oxygen atoms in total. The van der Waals surface area contributed by atoms with Gasteiger partial charge in [0, 0.05) is 17.5 Å². The second-order valence-corrected chi connectivity index (χ2v) is 12.0. The summed E-state index contributed by atoms with van der Waals surface area (Å²) in [6, 6.07) is 25.9. The number of amides is 1. The molecule has 4 aromatic carbocycles. The van der Waals surface area contributed by atoms with Gasteiger partial charge in [-0.2, -0.15) is 0 Å². The summed E-state index contributed by atoms with van der Waals surface area (Å²) in [4.78, 5) is 27.1. The number of halogens is 1. The topological polar surface area (TPSA) is 74.3 Å². The Morgan fingerprint density at radius 2 is 1.73 bits per heavy atom. The van der Waals surface area contributed by atoms with Gasteiger partial charge in [0.05, 0.1) is 19.7 Å². The SMILES string of the molecule is COC(=O)COc1cc(F)cc(C2C[C@H](CN(C(=O)OC(C)(C)C)[C@H](C)c3cccc4ccccc34)Oc3ccccc32)c1. The summed E-state index contributed by atoms with van der Waals surface area (Å²) in [5.41, 5.74) is 1.88. The molecule has 4 aromatic rings. The number of esters is 1. The minimum absolute atomic E-state index is 0.228. The summed E-state index contributed by atoms with van der Waals surface area (Å²) in [7, 11) is 1.27. The van der Waals surface area contributed by atoms with E-state index in [2.05, 4.69) is 22.9 Å². The van der Waals surface area contributed by atoms with Crippen LogP contribution in [0.3, 0.4) is 0 Å². The van der Waals surface area contributed by atoms with Crippen LogP contribution in [0.1, 0.15) is 62.8 Å². The summed E-state index contributed by atoms with van der Waals surface area (Å²) in [5.74, 6) is -0.407. The van der Waals surface area contributed by atoms with Crippen molar-refractivity contribution in [1.82, 2.24) is 4.90 Å². The molecule has 0 saturated heterocycles. The molecule has 0 aliphatic carbocycles. The van der Waals surface area contributed by atoms with E-state index in [9.17, 15) is 14.0 Å². The number of carbonyl (C=O) groups excluding carboxylic acids is 2. The predicted molar refractivity (Wildman–Crippen MR) is 167 cm³/mol. The van der Waals surface area contributed by atoms with E-state index in [1.807, 2.05) is 76.2 Å². The van der Waals surface area contributed by atoms with Crippen molar-refractivity contribution in [3.05, 3.63) is 107 Å². The van der Waals surface area contributed by atoms with Gasteiger partial charge in [0.2, 0.25) is 0 Å². The van der Waals surface area contributed by atoms with Gasteiger partial charge in [-0.3, -0.25) is 4.90 Å². The van der Waals surface area contributed by atoms with Crippen LogP contribution in [0.2, 0.25) is 0 Å². The third kappa shape index (κ3) is 7.13. The van der Waals surface area contributed by atoms with Crippen molar-refractivity contribution in [3.63, 3.8) is 0 Å². The number of hydrogen-bond acceptors (Lipinski definition) is 6. The molecule has 0 fully saturated rings. The first-order chi connectivity index (χ1) is 21.0. The van der Waals surface area contributed by atoms with Crippen LogP contribution in [-0.4, -0.2) is 48.9 Å². The van der Waals surface area contributed by atoms with Crippen LogP contribution < -0.4 is 9.47 Å². The van der Waals surface area contributed by atoms with E-state index in [-0.39, 0.29) is 30.9 Å². The molecule has 1 amide bonds. The van der Waals surface area contributed by atoms with E-state index in [0.29, 0.717) is 17.7 Å². The Kier molecular flexibility index (Phi) is 9.09. The molecule has 0 radical (unpaired) electrons. The smallest absolute Gasteiger partial charge is 0.410 e. The molecule has 0 spiro atoms. The zero-order chi connectivity index (χ0) is 31.4. The number of rotatable bonds is 8. The van der Waals surface area contributed by atoms with Crippen molar-refractivity contribution in [2.45, 2.75) is 57.8 Å². The number of benzene rings is 4. The van der Waals surface area contributed by atoms with Crippen molar-refractivity contribution < 1.29 is 32.9 Å². The molecule has 0 saturated carbocycles. The molecule has 230 valence electrons. The number of methoxy groups -OCH3 is 1. The van der Waals surface area contributed by atoms with E-state index >= 15 is 0 Å². The number of para-hydroxylation sites is 1. The van der Waals surface area contributed by atoms with Crippen LogP contribution in [0.15, 0.2) is 84.9 Å². The Morgan fingerprint density at radius 3 is 2.50 bits per heavy atom. The molecule has 8 heteroatoms. The third-order valence-corrected chi connectivity index (χ3v) is 7.74. The van der Waals surface area contributed by atoms with Crippen molar-refractivity contribution in [2.24, 2.45) is 0 Å². The fourth-order valence-electron chi connectivity index (χ4n) is 5.70. The average molecular weight is 600 g/mol. The van der Waals surface area contributed by atoms with Gasteiger partial charge in [0.15, 0.2) is 6.61 Å². The Hall–Kier alpha value is -4.59. The average Bonchev–Trinajstić information content (AvgIpc) is 3.00. The molecule has 1 aliphatic rings. The quantitative estimate of drug-likeness (QED) is 0.192. The van der Waals surface area contributed by atoms with Crippen LogP contribution >= 0.6 is 0 Å². The van der Waals surface area contributed by atoms with Gasteiger partial charge in [-0.1, -0.05) is 60.7 Å². The molecule has 0 aromatic heterocycles. The van der Waals surface area contributed by atoms with Crippen LogP contribution in [0, 0.1) is 5.82 Å². The minimum Gasteiger partial charge on any atom is -0.488 e. The van der Waals surface area contributed by atoms with E-state index in [0.717, 1.165) is 21.9 Å². The largest absolute Gasteiger partial charge is 0.488 e. The summed E-state index contributed by atoms with van der Waals surface area (Å²) in [6.07, 6.45) is -0.401. The lowest BCUT2D eigenvalue weighted by molar-refractivity contribution is -0.142. The van der Waals surface area contributed by atoms with E-state index in [1.54, 1.807) is 11.0 Å². The monoisotopic (exact) mass is 599 g/mol. The number of nitrogens with zero attached hydrogens (tertiary/aromatic N) is 1. The van der Waals surface area contributed by atoms with Crippen molar-refractivity contribution >= 4 is 22.8 Å². The summed E-state index contributed by atoms with van der Waals surface area (Å²) in [6.45, 7) is 7.45. The summed E-state index contributed by atoms with van der Waals surface area (Å²) >= 11 is 0. The highest BCUT2D eigenvalue weighted by atomic mass is 19.1. The Morgan fingerprint density at radius 1 is 1.00 bits per heavy atom. The van der Waals surface area contributed by atoms with Crippen molar-refractivity contribution in [1.29, 1.82) is 0 Å². The highest BCUT2D eigenvalue weighted by Gasteiger charge is 2.35. The van der Waals surface area contributed by atoms with Gasteiger partial charge < -0.3 is 18.9 Å². The first-order valence-electron chi connectivity index (χ1n) is 14.8. The fourth-order valence-corrected chi connectivity index (χ4v) is 5.70. The maximum absolute atomic E-state index is 14.9.